The van der Waals surface area contributed by atoms with E-state index in [0.717, 1.165) is 31.7 Å². The van der Waals surface area contributed by atoms with Crippen molar-refractivity contribution >= 4 is 0 Å². The second-order valence-corrected chi connectivity index (χ2v) is 5.75. The fourth-order valence-electron chi connectivity index (χ4n) is 3.32. The molecule has 3 nitrogen and oxygen atoms in total. The first-order chi connectivity index (χ1) is 8.31. The van der Waals surface area contributed by atoms with Crippen LogP contribution in [0.15, 0.2) is 0 Å². The van der Waals surface area contributed by atoms with Crippen LogP contribution in [0.3, 0.4) is 0 Å². The lowest BCUT2D eigenvalue weighted by Gasteiger charge is -2.42. The van der Waals surface area contributed by atoms with Crippen LogP contribution in [0.25, 0.3) is 0 Å². The van der Waals surface area contributed by atoms with Crippen molar-refractivity contribution in [1.82, 2.24) is 10.2 Å². The molecule has 0 bridgehead atoms. The number of nitrogens with one attached hydrogen (secondary N) is 1. The maximum Gasteiger partial charge on any atom is 0.0589 e. The van der Waals surface area contributed by atoms with E-state index >= 15 is 0 Å². The maximum atomic E-state index is 5.21. The number of piperazine rings is 1. The number of methoxy groups -OCH3 is 1. The van der Waals surface area contributed by atoms with Gasteiger partial charge >= 0.3 is 0 Å². The first kappa shape index (κ1) is 13.3. The lowest BCUT2D eigenvalue weighted by molar-refractivity contribution is 0.0736. The lowest BCUT2D eigenvalue weighted by atomic mass is 9.82. The summed E-state index contributed by atoms with van der Waals surface area (Å²) in [5.74, 6) is 0.918. The normalized spacial score (nSPS) is 32.8. The van der Waals surface area contributed by atoms with Crippen molar-refractivity contribution in [1.29, 1.82) is 0 Å². The zero-order valence-corrected chi connectivity index (χ0v) is 11.5. The topological polar surface area (TPSA) is 24.5 Å². The summed E-state index contributed by atoms with van der Waals surface area (Å²) >= 11 is 0. The summed E-state index contributed by atoms with van der Waals surface area (Å²) in [6.45, 7) is 6.63. The van der Waals surface area contributed by atoms with Gasteiger partial charge in [0.1, 0.15) is 0 Å². The fourth-order valence-corrected chi connectivity index (χ4v) is 3.32. The third-order valence-electron chi connectivity index (χ3n) is 4.53. The summed E-state index contributed by atoms with van der Waals surface area (Å²) in [7, 11) is 1.80. The van der Waals surface area contributed by atoms with Gasteiger partial charge in [0.2, 0.25) is 0 Å². The van der Waals surface area contributed by atoms with Crippen molar-refractivity contribution in [2.24, 2.45) is 5.92 Å². The molecule has 1 heterocycles. The standard InChI is InChI=1S/C14H28N2O/c1-12-10-15-14(11-16(12)8-9-17-2)13-6-4-3-5-7-13/h12-15H,3-11H2,1-2H3. The van der Waals surface area contributed by atoms with Gasteiger partial charge in [0.15, 0.2) is 0 Å². The van der Waals surface area contributed by atoms with Crippen LogP contribution in [0, 0.1) is 5.92 Å². The molecule has 2 unspecified atom stereocenters. The van der Waals surface area contributed by atoms with Gasteiger partial charge in [-0.05, 0) is 25.7 Å². The van der Waals surface area contributed by atoms with Crippen LogP contribution in [-0.4, -0.2) is 50.3 Å². The zero-order valence-electron chi connectivity index (χ0n) is 11.5. The second kappa shape index (κ2) is 6.72. The molecule has 0 amide bonds. The highest BCUT2D eigenvalue weighted by atomic mass is 16.5. The molecule has 1 aliphatic carbocycles. The van der Waals surface area contributed by atoms with Gasteiger partial charge in [0, 0.05) is 38.8 Å². The fraction of sp³-hybridized carbons (Fsp3) is 1.00. The van der Waals surface area contributed by atoms with E-state index in [2.05, 4.69) is 17.1 Å². The first-order valence-corrected chi connectivity index (χ1v) is 7.27. The largest absolute Gasteiger partial charge is 0.383 e. The van der Waals surface area contributed by atoms with Crippen molar-refractivity contribution in [3.8, 4) is 0 Å². The van der Waals surface area contributed by atoms with Crippen LogP contribution < -0.4 is 5.32 Å². The van der Waals surface area contributed by atoms with Gasteiger partial charge in [-0.2, -0.15) is 0 Å². The number of nitrogens with zero attached hydrogens (tertiary/aromatic N) is 1. The van der Waals surface area contributed by atoms with Crippen molar-refractivity contribution in [2.45, 2.75) is 51.1 Å². The van der Waals surface area contributed by atoms with Crippen molar-refractivity contribution in [3.63, 3.8) is 0 Å². The monoisotopic (exact) mass is 240 g/mol. The molecule has 0 spiro atoms. The molecule has 3 heteroatoms. The van der Waals surface area contributed by atoms with Gasteiger partial charge in [-0.15, -0.1) is 0 Å². The third kappa shape index (κ3) is 3.67. The molecule has 1 saturated carbocycles. The van der Waals surface area contributed by atoms with Gasteiger partial charge in [-0.25, -0.2) is 0 Å². The Balaban J connectivity index is 1.83. The summed E-state index contributed by atoms with van der Waals surface area (Å²) in [6.07, 6.45) is 7.20. The molecule has 2 fully saturated rings. The number of hydrogen-bond acceptors (Lipinski definition) is 3. The van der Waals surface area contributed by atoms with Crippen LogP contribution in [0.2, 0.25) is 0 Å². The van der Waals surface area contributed by atoms with Gasteiger partial charge < -0.3 is 10.1 Å². The Morgan fingerprint density at radius 1 is 1.24 bits per heavy atom. The molecule has 1 N–H and O–H groups in total. The summed E-state index contributed by atoms with van der Waals surface area (Å²) in [5.41, 5.74) is 0. The van der Waals surface area contributed by atoms with E-state index in [4.69, 9.17) is 4.74 Å². The van der Waals surface area contributed by atoms with Gasteiger partial charge in [-0.3, -0.25) is 4.90 Å². The van der Waals surface area contributed by atoms with E-state index < -0.39 is 0 Å². The van der Waals surface area contributed by atoms with E-state index in [1.807, 2.05) is 0 Å². The molecule has 2 atom stereocenters. The van der Waals surface area contributed by atoms with Crippen LogP contribution >= 0.6 is 0 Å². The van der Waals surface area contributed by atoms with Crippen LogP contribution in [-0.2, 0) is 4.74 Å². The predicted octanol–water partition coefficient (Wildman–Crippen LogP) is 1.88. The Kier molecular flexibility index (Phi) is 5.26. The maximum absolute atomic E-state index is 5.21. The van der Waals surface area contributed by atoms with E-state index in [9.17, 15) is 0 Å². The summed E-state index contributed by atoms with van der Waals surface area (Å²) in [5, 5.41) is 3.76. The Morgan fingerprint density at radius 2 is 2.00 bits per heavy atom. The molecule has 0 radical (unpaired) electrons. The van der Waals surface area contributed by atoms with Crippen LogP contribution in [0.1, 0.15) is 39.0 Å². The highest BCUT2D eigenvalue weighted by Gasteiger charge is 2.30. The molecule has 1 aliphatic heterocycles. The van der Waals surface area contributed by atoms with Gasteiger partial charge in [0.05, 0.1) is 6.61 Å². The van der Waals surface area contributed by atoms with Crippen molar-refractivity contribution in [3.05, 3.63) is 0 Å². The number of hydrogen-bond donors (Lipinski definition) is 1. The number of rotatable bonds is 4. The van der Waals surface area contributed by atoms with Crippen LogP contribution in [0.4, 0.5) is 0 Å². The molecular formula is C14H28N2O. The Bertz CT molecular complexity index is 216. The molecule has 1 saturated heterocycles. The molecule has 2 rings (SSSR count). The molecular weight excluding hydrogens is 212 g/mol. The molecule has 0 aromatic rings. The molecule has 17 heavy (non-hydrogen) atoms. The Labute approximate surface area is 106 Å². The predicted molar refractivity (Wildman–Crippen MR) is 71.3 cm³/mol. The molecule has 0 aromatic carbocycles. The smallest absolute Gasteiger partial charge is 0.0589 e. The summed E-state index contributed by atoms with van der Waals surface area (Å²) < 4.78 is 5.21. The lowest BCUT2D eigenvalue weighted by Crippen LogP contribution is -2.58. The summed E-state index contributed by atoms with van der Waals surface area (Å²) in [4.78, 5) is 2.60. The Morgan fingerprint density at radius 3 is 2.71 bits per heavy atom. The van der Waals surface area contributed by atoms with E-state index in [0.29, 0.717) is 6.04 Å². The average Bonchev–Trinajstić information content (AvgIpc) is 2.39. The highest BCUT2D eigenvalue weighted by molar-refractivity contribution is 4.88. The van der Waals surface area contributed by atoms with Crippen molar-refractivity contribution < 1.29 is 4.74 Å². The SMILES string of the molecule is COCCN1CC(C2CCCCC2)NCC1C. The van der Waals surface area contributed by atoms with Gasteiger partial charge in [-0.1, -0.05) is 19.3 Å². The highest BCUT2D eigenvalue weighted by Crippen LogP contribution is 2.28. The molecule has 0 aromatic heterocycles. The minimum atomic E-state index is 0.657. The quantitative estimate of drug-likeness (QED) is 0.812. The van der Waals surface area contributed by atoms with E-state index in [1.165, 1.54) is 38.6 Å². The first-order valence-electron chi connectivity index (χ1n) is 7.27. The zero-order chi connectivity index (χ0) is 12.1. The molecule has 100 valence electrons. The Hall–Kier alpha value is -0.120. The number of ether oxygens (including phenoxy) is 1. The van der Waals surface area contributed by atoms with Crippen LogP contribution in [0.5, 0.6) is 0 Å². The van der Waals surface area contributed by atoms with Crippen molar-refractivity contribution in [2.75, 3.05) is 33.4 Å². The minimum absolute atomic E-state index is 0.657. The molecule has 2 aliphatic rings. The minimum Gasteiger partial charge on any atom is -0.383 e. The van der Waals surface area contributed by atoms with E-state index in [1.54, 1.807) is 7.11 Å². The second-order valence-electron chi connectivity index (χ2n) is 5.75. The van der Waals surface area contributed by atoms with E-state index in [-0.39, 0.29) is 0 Å². The average molecular weight is 240 g/mol. The third-order valence-corrected chi connectivity index (χ3v) is 4.53. The van der Waals surface area contributed by atoms with Gasteiger partial charge in [0.25, 0.3) is 0 Å². The summed E-state index contributed by atoms with van der Waals surface area (Å²) in [6, 6.07) is 1.38.